The van der Waals surface area contributed by atoms with Gasteiger partial charge in [-0.1, -0.05) is 31.2 Å². The van der Waals surface area contributed by atoms with Crippen LogP contribution < -0.4 is 10.1 Å². The van der Waals surface area contributed by atoms with Crippen LogP contribution in [0, 0.1) is 17.1 Å². The van der Waals surface area contributed by atoms with Crippen molar-refractivity contribution in [3.63, 3.8) is 0 Å². The van der Waals surface area contributed by atoms with Crippen LogP contribution >= 0.6 is 0 Å². The topological polar surface area (TPSA) is 62.1 Å². The summed E-state index contributed by atoms with van der Waals surface area (Å²) >= 11 is 0. The van der Waals surface area contributed by atoms with Crippen LogP contribution in [0.2, 0.25) is 0 Å². The van der Waals surface area contributed by atoms with Crippen LogP contribution in [-0.2, 0) is 4.79 Å². The molecule has 0 unspecified atom stereocenters. The summed E-state index contributed by atoms with van der Waals surface area (Å²) < 4.78 is 18.8. The molecule has 0 saturated heterocycles. The van der Waals surface area contributed by atoms with E-state index in [0.717, 1.165) is 6.42 Å². The van der Waals surface area contributed by atoms with Crippen LogP contribution in [0.4, 0.5) is 10.1 Å². The van der Waals surface area contributed by atoms with Crippen molar-refractivity contribution >= 4 is 17.7 Å². The maximum atomic E-state index is 13.2. The Bertz CT molecular complexity index is 794. The third-order valence-corrected chi connectivity index (χ3v) is 3.13. The lowest BCUT2D eigenvalue weighted by Crippen LogP contribution is -2.13. The predicted octanol–water partition coefficient (Wildman–Crippen LogP) is 4.16. The van der Waals surface area contributed by atoms with Gasteiger partial charge in [0.2, 0.25) is 0 Å². The first-order valence-corrected chi connectivity index (χ1v) is 7.54. The average Bonchev–Trinajstić information content (AvgIpc) is 2.58. The summed E-state index contributed by atoms with van der Waals surface area (Å²) in [5.41, 5.74) is 0.834. The molecular formula is C19H17FN2O2. The molecule has 0 saturated carbocycles. The van der Waals surface area contributed by atoms with E-state index in [1.54, 1.807) is 24.3 Å². The van der Waals surface area contributed by atoms with Gasteiger partial charge in [-0.05, 0) is 36.8 Å². The fourth-order valence-electron chi connectivity index (χ4n) is 2.01. The first-order chi connectivity index (χ1) is 11.6. The van der Waals surface area contributed by atoms with Gasteiger partial charge >= 0.3 is 0 Å². The highest BCUT2D eigenvalue weighted by Crippen LogP contribution is 2.21. The summed E-state index contributed by atoms with van der Waals surface area (Å²) in [6.45, 7) is 2.54. The highest BCUT2D eigenvalue weighted by atomic mass is 19.1. The molecule has 1 amide bonds. The Morgan fingerprint density at radius 2 is 2.08 bits per heavy atom. The Morgan fingerprint density at radius 3 is 2.79 bits per heavy atom. The Labute approximate surface area is 140 Å². The second kappa shape index (κ2) is 8.49. The summed E-state index contributed by atoms with van der Waals surface area (Å²) in [6.07, 6.45) is 2.31. The lowest BCUT2D eigenvalue weighted by Gasteiger charge is -2.09. The van der Waals surface area contributed by atoms with E-state index in [1.807, 2.05) is 19.1 Å². The van der Waals surface area contributed by atoms with Crippen molar-refractivity contribution < 1.29 is 13.9 Å². The zero-order chi connectivity index (χ0) is 17.4. The number of amides is 1. The summed E-state index contributed by atoms with van der Waals surface area (Å²) in [7, 11) is 0. The number of ether oxygens (including phenoxy) is 1. The third kappa shape index (κ3) is 4.68. The number of para-hydroxylation sites is 1. The van der Waals surface area contributed by atoms with E-state index < -0.39 is 11.7 Å². The van der Waals surface area contributed by atoms with Crippen LogP contribution in [0.15, 0.2) is 54.1 Å². The van der Waals surface area contributed by atoms with Crippen molar-refractivity contribution in [2.24, 2.45) is 0 Å². The Balaban J connectivity index is 2.23. The molecule has 2 aromatic carbocycles. The Morgan fingerprint density at radius 1 is 1.29 bits per heavy atom. The zero-order valence-electron chi connectivity index (χ0n) is 13.3. The molecule has 2 aromatic rings. The van der Waals surface area contributed by atoms with Crippen molar-refractivity contribution in [3.05, 3.63) is 65.5 Å². The maximum Gasteiger partial charge on any atom is 0.266 e. The standard InChI is InChI=1S/C19H17FN2O2/c1-2-10-24-18-9-4-3-6-14(18)11-15(13-21)19(23)22-17-8-5-7-16(20)12-17/h3-9,11-12H,2,10H2,1H3,(H,22,23)/b15-11+. The molecule has 1 N–H and O–H groups in total. The summed E-state index contributed by atoms with van der Waals surface area (Å²) in [5.74, 6) is -0.465. The largest absolute Gasteiger partial charge is 0.493 e. The number of benzene rings is 2. The van der Waals surface area contributed by atoms with E-state index in [9.17, 15) is 14.4 Å². The average molecular weight is 324 g/mol. The van der Waals surface area contributed by atoms with Crippen LogP contribution in [0.5, 0.6) is 5.75 Å². The molecular weight excluding hydrogens is 307 g/mol. The van der Waals surface area contributed by atoms with E-state index >= 15 is 0 Å². The third-order valence-electron chi connectivity index (χ3n) is 3.13. The van der Waals surface area contributed by atoms with Crippen LogP contribution in [0.3, 0.4) is 0 Å². The van der Waals surface area contributed by atoms with Crippen molar-refractivity contribution in [2.45, 2.75) is 13.3 Å². The number of halogens is 1. The molecule has 0 aliphatic heterocycles. The number of carbonyl (C=O) groups is 1. The molecule has 0 aliphatic carbocycles. The van der Waals surface area contributed by atoms with Gasteiger partial charge in [0.05, 0.1) is 6.61 Å². The van der Waals surface area contributed by atoms with E-state index in [-0.39, 0.29) is 11.3 Å². The van der Waals surface area contributed by atoms with Crippen molar-refractivity contribution in [2.75, 3.05) is 11.9 Å². The molecule has 5 heteroatoms. The van der Waals surface area contributed by atoms with E-state index in [2.05, 4.69) is 5.32 Å². The molecule has 0 atom stereocenters. The SMILES string of the molecule is CCCOc1ccccc1/C=C(\C#N)C(=O)Nc1cccc(F)c1. The number of hydrogen-bond donors (Lipinski definition) is 1. The molecule has 24 heavy (non-hydrogen) atoms. The number of rotatable bonds is 6. The molecule has 0 fully saturated rings. The van der Waals surface area contributed by atoms with Crippen molar-refractivity contribution in [1.29, 1.82) is 5.26 Å². The van der Waals surface area contributed by atoms with E-state index in [4.69, 9.17) is 4.74 Å². The molecule has 0 heterocycles. The number of carbonyl (C=O) groups excluding carboxylic acids is 1. The number of hydrogen-bond acceptors (Lipinski definition) is 3. The van der Waals surface area contributed by atoms with Gasteiger partial charge in [-0.2, -0.15) is 5.26 Å². The summed E-state index contributed by atoms with van der Waals surface area (Å²) in [5, 5.41) is 11.8. The van der Waals surface area contributed by atoms with Crippen LogP contribution in [-0.4, -0.2) is 12.5 Å². The Hall–Kier alpha value is -3.13. The number of nitriles is 1. The van der Waals surface area contributed by atoms with Gasteiger partial charge in [0, 0.05) is 11.3 Å². The maximum absolute atomic E-state index is 13.2. The van der Waals surface area contributed by atoms with Crippen molar-refractivity contribution in [1.82, 2.24) is 0 Å². The lowest BCUT2D eigenvalue weighted by molar-refractivity contribution is -0.112. The fraction of sp³-hybridized carbons (Fsp3) is 0.158. The van der Waals surface area contributed by atoms with Gasteiger partial charge in [0.15, 0.2) is 0 Å². The van der Waals surface area contributed by atoms with Crippen LogP contribution in [0.25, 0.3) is 6.08 Å². The van der Waals surface area contributed by atoms with Gasteiger partial charge in [-0.25, -0.2) is 4.39 Å². The van der Waals surface area contributed by atoms with Crippen molar-refractivity contribution in [3.8, 4) is 11.8 Å². The highest BCUT2D eigenvalue weighted by Gasteiger charge is 2.11. The van der Waals surface area contributed by atoms with Crippen LogP contribution in [0.1, 0.15) is 18.9 Å². The number of anilines is 1. The molecule has 2 rings (SSSR count). The minimum atomic E-state index is -0.603. The second-order valence-electron chi connectivity index (χ2n) is 5.02. The fourth-order valence-corrected chi connectivity index (χ4v) is 2.01. The lowest BCUT2D eigenvalue weighted by atomic mass is 10.1. The van der Waals surface area contributed by atoms with Gasteiger partial charge in [-0.15, -0.1) is 0 Å². The van der Waals surface area contributed by atoms with Gasteiger partial charge < -0.3 is 10.1 Å². The van der Waals surface area contributed by atoms with Gasteiger partial charge in [0.25, 0.3) is 5.91 Å². The van der Waals surface area contributed by atoms with Gasteiger partial charge in [0.1, 0.15) is 23.2 Å². The van der Waals surface area contributed by atoms with E-state index in [1.165, 1.54) is 24.3 Å². The number of nitrogens with zero attached hydrogens (tertiary/aromatic N) is 1. The minimum Gasteiger partial charge on any atom is -0.493 e. The quantitative estimate of drug-likeness (QED) is 0.641. The second-order valence-corrected chi connectivity index (χ2v) is 5.02. The molecule has 0 spiro atoms. The molecule has 4 nitrogen and oxygen atoms in total. The number of nitrogens with one attached hydrogen (secondary N) is 1. The first kappa shape index (κ1) is 17.2. The normalized spacial score (nSPS) is 10.8. The molecule has 0 aromatic heterocycles. The Kier molecular flexibility index (Phi) is 6.09. The molecule has 0 radical (unpaired) electrons. The van der Waals surface area contributed by atoms with Gasteiger partial charge in [-0.3, -0.25) is 4.79 Å². The summed E-state index contributed by atoms with van der Waals surface area (Å²) in [4.78, 5) is 12.2. The first-order valence-electron chi connectivity index (χ1n) is 7.54. The molecule has 0 bridgehead atoms. The van der Waals surface area contributed by atoms with E-state index in [0.29, 0.717) is 17.9 Å². The molecule has 122 valence electrons. The zero-order valence-corrected chi connectivity index (χ0v) is 13.3. The predicted molar refractivity (Wildman–Crippen MR) is 90.8 cm³/mol. The minimum absolute atomic E-state index is 0.0909. The summed E-state index contributed by atoms with van der Waals surface area (Å²) in [6, 6.07) is 14.5. The molecule has 0 aliphatic rings. The smallest absolute Gasteiger partial charge is 0.266 e. The highest BCUT2D eigenvalue weighted by molar-refractivity contribution is 6.09. The monoisotopic (exact) mass is 324 g/mol.